The number of benzene rings is 1. The van der Waals surface area contributed by atoms with Crippen molar-refractivity contribution in [2.45, 2.75) is 51.0 Å². The van der Waals surface area contributed by atoms with Crippen LogP contribution < -0.4 is 5.32 Å². The molecule has 3 rings (SSSR count). The molecule has 1 fully saturated rings. The summed E-state index contributed by atoms with van der Waals surface area (Å²) >= 11 is 0. The Hall–Kier alpha value is -2.69. The van der Waals surface area contributed by atoms with E-state index in [0.717, 1.165) is 44.2 Å². The number of aliphatic hydroxyl groups excluding tert-OH is 1. The van der Waals surface area contributed by atoms with Crippen molar-refractivity contribution in [2.24, 2.45) is 0 Å². The lowest BCUT2D eigenvalue weighted by Gasteiger charge is -2.22. The molecule has 0 unspecified atom stereocenters. The first-order valence-corrected chi connectivity index (χ1v) is 9.27. The third-order valence-corrected chi connectivity index (χ3v) is 4.72. The summed E-state index contributed by atoms with van der Waals surface area (Å²) in [6, 6.07) is 12.2. The Morgan fingerprint density at radius 3 is 2.65 bits per heavy atom. The van der Waals surface area contributed by atoms with Crippen LogP contribution in [0.25, 0.3) is 6.08 Å². The fourth-order valence-corrected chi connectivity index (χ4v) is 3.26. The van der Waals surface area contributed by atoms with Gasteiger partial charge in [-0.3, -0.25) is 4.79 Å². The second-order valence-electron chi connectivity index (χ2n) is 6.76. The summed E-state index contributed by atoms with van der Waals surface area (Å²) in [5.74, 6) is -0.732. The van der Waals surface area contributed by atoms with Crippen LogP contribution in [-0.4, -0.2) is 27.0 Å². The van der Waals surface area contributed by atoms with E-state index in [1.807, 2.05) is 24.3 Å². The van der Waals surface area contributed by atoms with Crippen LogP contribution in [0.1, 0.15) is 49.1 Å². The fraction of sp³-hybridized carbons (Fsp3) is 0.381. The molecule has 0 saturated heterocycles. The number of amides is 1. The van der Waals surface area contributed by atoms with E-state index < -0.39 is 5.91 Å². The summed E-state index contributed by atoms with van der Waals surface area (Å²) in [5, 5.41) is 13.0. The van der Waals surface area contributed by atoms with Gasteiger partial charge in [-0.25, -0.2) is 9.97 Å². The zero-order valence-electron chi connectivity index (χ0n) is 14.9. The van der Waals surface area contributed by atoms with Gasteiger partial charge in [0, 0.05) is 17.8 Å². The van der Waals surface area contributed by atoms with Crippen LogP contribution in [-0.2, 0) is 17.6 Å². The second-order valence-corrected chi connectivity index (χ2v) is 6.76. The summed E-state index contributed by atoms with van der Waals surface area (Å²) in [5.41, 5.74) is 2.67. The van der Waals surface area contributed by atoms with E-state index in [-0.39, 0.29) is 11.8 Å². The fourth-order valence-electron chi connectivity index (χ4n) is 3.26. The SMILES string of the molecule is O=C(NC1CCCCC1)/C(O)=C/c1cc(CCc2ccccc2)ncn1. The first-order valence-electron chi connectivity index (χ1n) is 9.27. The highest BCUT2D eigenvalue weighted by Gasteiger charge is 2.17. The van der Waals surface area contributed by atoms with Crippen LogP contribution in [0.5, 0.6) is 0 Å². The smallest absolute Gasteiger partial charge is 0.286 e. The number of aromatic nitrogens is 2. The molecule has 1 aliphatic carbocycles. The standard InChI is InChI=1S/C21H25N3O2/c25-20(21(26)24-17-9-5-2-6-10-17)14-19-13-18(22-15-23-19)12-11-16-7-3-1-4-8-16/h1,3-4,7-8,13-15,17,25H,2,5-6,9-12H2,(H,24,26)/b20-14-. The van der Waals surface area contributed by atoms with E-state index in [0.29, 0.717) is 5.69 Å². The Balaban J connectivity index is 1.59. The molecule has 0 radical (unpaired) electrons. The number of aryl methyl sites for hydroxylation is 2. The average Bonchev–Trinajstić information content (AvgIpc) is 2.68. The van der Waals surface area contributed by atoms with E-state index in [1.165, 1.54) is 24.4 Å². The molecule has 2 aromatic rings. The van der Waals surface area contributed by atoms with Gasteiger partial charge in [-0.1, -0.05) is 49.6 Å². The molecule has 1 amide bonds. The third-order valence-electron chi connectivity index (χ3n) is 4.72. The molecule has 1 aromatic carbocycles. The zero-order valence-corrected chi connectivity index (χ0v) is 14.9. The number of nitrogens with one attached hydrogen (secondary N) is 1. The minimum Gasteiger partial charge on any atom is -0.503 e. The van der Waals surface area contributed by atoms with Crippen LogP contribution in [0.4, 0.5) is 0 Å². The van der Waals surface area contributed by atoms with Crippen LogP contribution in [0.15, 0.2) is 48.5 Å². The molecule has 0 atom stereocenters. The Morgan fingerprint density at radius 1 is 1.12 bits per heavy atom. The molecule has 1 aliphatic rings. The van der Waals surface area contributed by atoms with Crippen LogP contribution in [0, 0.1) is 0 Å². The average molecular weight is 351 g/mol. The Morgan fingerprint density at radius 2 is 1.88 bits per heavy atom. The number of hydrogen-bond donors (Lipinski definition) is 2. The monoisotopic (exact) mass is 351 g/mol. The molecule has 1 aromatic heterocycles. The molecule has 1 saturated carbocycles. The molecule has 26 heavy (non-hydrogen) atoms. The lowest BCUT2D eigenvalue weighted by molar-refractivity contribution is -0.120. The Kier molecular flexibility index (Phi) is 6.36. The summed E-state index contributed by atoms with van der Waals surface area (Å²) in [6.45, 7) is 0. The third kappa shape index (κ3) is 5.41. The van der Waals surface area contributed by atoms with Gasteiger partial charge in [0.2, 0.25) is 0 Å². The maximum absolute atomic E-state index is 12.1. The Bertz CT molecular complexity index is 753. The number of carbonyl (C=O) groups is 1. The van der Waals surface area contributed by atoms with Crippen LogP contribution in [0.3, 0.4) is 0 Å². The van der Waals surface area contributed by atoms with Gasteiger partial charge in [-0.2, -0.15) is 0 Å². The molecule has 0 bridgehead atoms. The largest absolute Gasteiger partial charge is 0.503 e. The summed E-state index contributed by atoms with van der Waals surface area (Å²) in [7, 11) is 0. The van der Waals surface area contributed by atoms with Gasteiger partial charge in [0.15, 0.2) is 5.76 Å². The maximum Gasteiger partial charge on any atom is 0.286 e. The van der Waals surface area contributed by atoms with Gasteiger partial charge in [0.05, 0.1) is 5.69 Å². The van der Waals surface area contributed by atoms with Crippen LogP contribution >= 0.6 is 0 Å². The molecular weight excluding hydrogens is 326 g/mol. The molecule has 0 aliphatic heterocycles. The van der Waals surface area contributed by atoms with E-state index >= 15 is 0 Å². The highest BCUT2D eigenvalue weighted by molar-refractivity contribution is 5.95. The van der Waals surface area contributed by atoms with Gasteiger partial charge in [-0.05, 0) is 37.3 Å². The topological polar surface area (TPSA) is 75.1 Å². The van der Waals surface area contributed by atoms with Gasteiger partial charge >= 0.3 is 0 Å². The lowest BCUT2D eigenvalue weighted by atomic mass is 9.95. The summed E-state index contributed by atoms with van der Waals surface area (Å²) in [6.07, 6.45) is 9.99. The minimum atomic E-state index is -0.429. The van der Waals surface area contributed by atoms with Gasteiger partial charge in [0.25, 0.3) is 5.91 Å². The predicted molar refractivity (Wildman–Crippen MR) is 102 cm³/mol. The number of carbonyl (C=O) groups excluding carboxylic acids is 1. The first-order chi connectivity index (χ1) is 12.7. The van der Waals surface area contributed by atoms with Gasteiger partial charge in [0.1, 0.15) is 6.33 Å². The lowest BCUT2D eigenvalue weighted by Crippen LogP contribution is -2.36. The zero-order chi connectivity index (χ0) is 18.2. The summed E-state index contributed by atoms with van der Waals surface area (Å²) < 4.78 is 0. The van der Waals surface area contributed by atoms with Crippen molar-refractivity contribution in [3.05, 3.63) is 65.4 Å². The van der Waals surface area contributed by atoms with Crippen molar-refractivity contribution in [3.8, 4) is 0 Å². The van der Waals surface area contributed by atoms with Crippen molar-refractivity contribution >= 4 is 12.0 Å². The molecule has 0 spiro atoms. The molecule has 5 heteroatoms. The van der Waals surface area contributed by atoms with Gasteiger partial charge in [-0.15, -0.1) is 0 Å². The van der Waals surface area contributed by atoms with Crippen molar-refractivity contribution in [1.29, 1.82) is 0 Å². The van der Waals surface area contributed by atoms with E-state index in [2.05, 4.69) is 27.4 Å². The van der Waals surface area contributed by atoms with E-state index in [1.54, 1.807) is 0 Å². The number of nitrogens with zero attached hydrogens (tertiary/aromatic N) is 2. The van der Waals surface area contributed by atoms with Gasteiger partial charge < -0.3 is 10.4 Å². The van der Waals surface area contributed by atoms with Crippen molar-refractivity contribution in [2.75, 3.05) is 0 Å². The van der Waals surface area contributed by atoms with E-state index in [4.69, 9.17) is 0 Å². The molecule has 136 valence electrons. The highest BCUT2D eigenvalue weighted by atomic mass is 16.3. The molecule has 5 nitrogen and oxygen atoms in total. The molecule has 1 heterocycles. The van der Waals surface area contributed by atoms with Crippen molar-refractivity contribution in [1.82, 2.24) is 15.3 Å². The number of aliphatic hydroxyl groups is 1. The Labute approximate surface area is 154 Å². The van der Waals surface area contributed by atoms with Crippen molar-refractivity contribution < 1.29 is 9.90 Å². The second kappa shape index (κ2) is 9.13. The van der Waals surface area contributed by atoms with Crippen molar-refractivity contribution in [3.63, 3.8) is 0 Å². The molecular formula is C21H25N3O2. The first kappa shape index (κ1) is 18.1. The minimum absolute atomic E-state index is 0.165. The quantitative estimate of drug-likeness (QED) is 0.616. The van der Waals surface area contributed by atoms with Crippen LogP contribution in [0.2, 0.25) is 0 Å². The molecule has 2 N–H and O–H groups in total. The van der Waals surface area contributed by atoms with E-state index in [9.17, 15) is 9.90 Å². The maximum atomic E-state index is 12.1. The predicted octanol–water partition coefficient (Wildman–Crippen LogP) is 3.61. The number of rotatable bonds is 6. The highest BCUT2D eigenvalue weighted by Crippen LogP contribution is 2.17. The summed E-state index contributed by atoms with van der Waals surface area (Å²) in [4.78, 5) is 20.6. The number of hydrogen-bond acceptors (Lipinski definition) is 4. The normalized spacial score (nSPS) is 15.6.